The lowest BCUT2D eigenvalue weighted by Crippen LogP contribution is -2.49. The highest BCUT2D eigenvalue weighted by Crippen LogP contribution is 2.21. The predicted molar refractivity (Wildman–Crippen MR) is 90.4 cm³/mol. The van der Waals surface area contributed by atoms with Crippen LogP contribution in [0.3, 0.4) is 0 Å². The standard InChI is InChI=1S/C17H27N5O/c1-13-6-7-16(20-19-13)21-9-4-10-22(12-11-21)17(23)15-5-3-8-18-14(15)2/h6-7,14-15,18H,3-5,8-12H2,1-2H3/t14-,15-/m1/s1. The SMILES string of the molecule is Cc1ccc(N2CCCN(C(=O)[C@@H]3CCCN[C@@H]3C)CC2)nn1. The number of carbonyl (C=O) groups excluding carboxylic acids is 1. The van der Waals surface area contributed by atoms with Gasteiger partial charge in [0.15, 0.2) is 5.82 Å². The van der Waals surface area contributed by atoms with Crippen LogP contribution in [0.2, 0.25) is 0 Å². The molecule has 0 unspecified atom stereocenters. The summed E-state index contributed by atoms with van der Waals surface area (Å²) in [5.74, 6) is 1.37. The Hall–Kier alpha value is -1.69. The lowest BCUT2D eigenvalue weighted by Gasteiger charge is -2.33. The van der Waals surface area contributed by atoms with Crippen LogP contribution in [0.5, 0.6) is 0 Å². The zero-order valence-corrected chi connectivity index (χ0v) is 14.2. The topological polar surface area (TPSA) is 61.4 Å². The predicted octanol–water partition coefficient (Wildman–Crippen LogP) is 1.21. The number of piperidine rings is 1. The molecule has 3 rings (SSSR count). The molecule has 2 aliphatic heterocycles. The van der Waals surface area contributed by atoms with E-state index in [1.54, 1.807) is 0 Å². The highest BCUT2D eigenvalue weighted by atomic mass is 16.2. The van der Waals surface area contributed by atoms with Crippen molar-refractivity contribution in [2.24, 2.45) is 5.92 Å². The van der Waals surface area contributed by atoms with Gasteiger partial charge in [-0.3, -0.25) is 4.79 Å². The van der Waals surface area contributed by atoms with E-state index in [9.17, 15) is 4.79 Å². The number of nitrogens with one attached hydrogen (secondary N) is 1. The first kappa shape index (κ1) is 16.2. The first-order valence-electron chi connectivity index (χ1n) is 8.72. The Kier molecular flexibility index (Phi) is 5.10. The molecule has 2 saturated heterocycles. The first-order valence-corrected chi connectivity index (χ1v) is 8.72. The van der Waals surface area contributed by atoms with Gasteiger partial charge in [0.25, 0.3) is 0 Å². The minimum atomic E-state index is 0.134. The second kappa shape index (κ2) is 7.25. The molecule has 1 aromatic heterocycles. The molecule has 23 heavy (non-hydrogen) atoms. The third-order valence-corrected chi connectivity index (χ3v) is 4.99. The molecule has 6 nitrogen and oxygen atoms in total. The van der Waals surface area contributed by atoms with Crippen LogP contribution in [-0.4, -0.2) is 59.8 Å². The highest BCUT2D eigenvalue weighted by molar-refractivity contribution is 5.79. The van der Waals surface area contributed by atoms with Gasteiger partial charge in [0.05, 0.1) is 11.6 Å². The lowest BCUT2D eigenvalue weighted by atomic mass is 9.90. The fraction of sp³-hybridized carbons (Fsp3) is 0.706. The van der Waals surface area contributed by atoms with E-state index in [0.29, 0.717) is 11.9 Å². The molecule has 2 fully saturated rings. The summed E-state index contributed by atoms with van der Waals surface area (Å²) in [6.45, 7) is 8.49. The largest absolute Gasteiger partial charge is 0.353 e. The smallest absolute Gasteiger partial charge is 0.227 e. The number of rotatable bonds is 2. The molecule has 2 aliphatic rings. The minimum absolute atomic E-state index is 0.134. The van der Waals surface area contributed by atoms with Gasteiger partial charge in [-0.15, -0.1) is 5.10 Å². The first-order chi connectivity index (χ1) is 11.1. The number of nitrogens with zero attached hydrogens (tertiary/aromatic N) is 4. The van der Waals surface area contributed by atoms with Crippen LogP contribution >= 0.6 is 0 Å². The maximum atomic E-state index is 12.8. The van der Waals surface area contributed by atoms with Crippen LogP contribution in [0, 0.1) is 12.8 Å². The van der Waals surface area contributed by atoms with Crippen LogP contribution < -0.4 is 10.2 Å². The highest BCUT2D eigenvalue weighted by Gasteiger charge is 2.31. The van der Waals surface area contributed by atoms with Crippen molar-refractivity contribution in [2.45, 2.75) is 39.2 Å². The summed E-state index contributed by atoms with van der Waals surface area (Å²) >= 11 is 0. The zero-order valence-electron chi connectivity index (χ0n) is 14.2. The van der Waals surface area contributed by atoms with E-state index in [1.165, 1.54) is 0 Å². The molecule has 1 amide bonds. The van der Waals surface area contributed by atoms with E-state index in [1.807, 2.05) is 19.1 Å². The average molecular weight is 317 g/mol. The zero-order chi connectivity index (χ0) is 16.2. The number of aryl methyl sites for hydroxylation is 1. The molecule has 0 bridgehead atoms. The molecular weight excluding hydrogens is 290 g/mol. The van der Waals surface area contributed by atoms with Gasteiger partial charge in [0, 0.05) is 32.2 Å². The summed E-state index contributed by atoms with van der Waals surface area (Å²) in [5.41, 5.74) is 0.930. The van der Waals surface area contributed by atoms with Gasteiger partial charge < -0.3 is 15.1 Å². The summed E-state index contributed by atoms with van der Waals surface area (Å²) in [4.78, 5) is 17.1. The molecular formula is C17H27N5O. The van der Waals surface area contributed by atoms with E-state index in [0.717, 1.165) is 63.5 Å². The Balaban J connectivity index is 1.61. The van der Waals surface area contributed by atoms with Gasteiger partial charge in [-0.2, -0.15) is 5.10 Å². The van der Waals surface area contributed by atoms with Crippen molar-refractivity contribution in [2.75, 3.05) is 37.6 Å². The molecule has 0 aliphatic carbocycles. The number of amides is 1. The number of aromatic nitrogens is 2. The van der Waals surface area contributed by atoms with Gasteiger partial charge in [-0.25, -0.2) is 0 Å². The van der Waals surface area contributed by atoms with Crippen LogP contribution in [-0.2, 0) is 4.79 Å². The third-order valence-electron chi connectivity index (χ3n) is 4.99. The second-order valence-electron chi connectivity index (χ2n) is 6.69. The average Bonchev–Trinajstić information content (AvgIpc) is 2.81. The molecule has 0 spiro atoms. The van der Waals surface area contributed by atoms with Gasteiger partial charge >= 0.3 is 0 Å². The van der Waals surface area contributed by atoms with Crippen molar-refractivity contribution < 1.29 is 4.79 Å². The van der Waals surface area contributed by atoms with Gasteiger partial charge in [-0.1, -0.05) is 0 Å². The van der Waals surface area contributed by atoms with E-state index < -0.39 is 0 Å². The quantitative estimate of drug-likeness (QED) is 0.888. The molecule has 1 aromatic rings. The fourth-order valence-corrected chi connectivity index (χ4v) is 3.54. The van der Waals surface area contributed by atoms with Crippen LogP contribution in [0.4, 0.5) is 5.82 Å². The molecule has 2 atom stereocenters. The summed E-state index contributed by atoms with van der Waals surface area (Å²) in [6.07, 6.45) is 3.09. The summed E-state index contributed by atoms with van der Waals surface area (Å²) < 4.78 is 0. The van der Waals surface area contributed by atoms with E-state index >= 15 is 0 Å². The van der Waals surface area contributed by atoms with Gasteiger partial charge in [0.1, 0.15) is 0 Å². The van der Waals surface area contributed by atoms with E-state index in [2.05, 4.69) is 32.2 Å². The van der Waals surface area contributed by atoms with Crippen LogP contribution in [0.25, 0.3) is 0 Å². The fourth-order valence-electron chi connectivity index (χ4n) is 3.54. The molecule has 0 saturated carbocycles. The van der Waals surface area contributed by atoms with Crippen molar-refractivity contribution in [3.63, 3.8) is 0 Å². The van der Waals surface area contributed by atoms with Crippen molar-refractivity contribution in [1.29, 1.82) is 0 Å². The Morgan fingerprint density at radius 3 is 2.78 bits per heavy atom. The number of hydrogen-bond acceptors (Lipinski definition) is 5. The Morgan fingerprint density at radius 1 is 1.17 bits per heavy atom. The van der Waals surface area contributed by atoms with E-state index in [-0.39, 0.29) is 5.92 Å². The monoisotopic (exact) mass is 317 g/mol. The molecule has 3 heterocycles. The molecule has 126 valence electrons. The Morgan fingerprint density at radius 2 is 2.04 bits per heavy atom. The number of hydrogen-bond donors (Lipinski definition) is 1. The maximum Gasteiger partial charge on any atom is 0.227 e. The Bertz CT molecular complexity index is 532. The molecule has 0 aromatic carbocycles. The molecule has 6 heteroatoms. The summed E-state index contributed by atoms with van der Waals surface area (Å²) in [5, 5.41) is 11.9. The third kappa shape index (κ3) is 3.80. The summed E-state index contributed by atoms with van der Waals surface area (Å²) in [7, 11) is 0. The normalized spacial score (nSPS) is 26.0. The van der Waals surface area contributed by atoms with Crippen LogP contribution in [0.1, 0.15) is 31.9 Å². The van der Waals surface area contributed by atoms with Crippen molar-refractivity contribution in [3.8, 4) is 0 Å². The van der Waals surface area contributed by atoms with Crippen molar-refractivity contribution >= 4 is 11.7 Å². The molecule has 0 radical (unpaired) electrons. The van der Waals surface area contributed by atoms with Crippen LogP contribution in [0.15, 0.2) is 12.1 Å². The second-order valence-corrected chi connectivity index (χ2v) is 6.69. The Labute approximate surface area is 138 Å². The van der Waals surface area contributed by atoms with E-state index in [4.69, 9.17) is 0 Å². The molecule has 1 N–H and O–H groups in total. The summed E-state index contributed by atoms with van der Waals surface area (Å²) in [6, 6.07) is 4.30. The minimum Gasteiger partial charge on any atom is -0.353 e. The number of anilines is 1. The van der Waals surface area contributed by atoms with Gasteiger partial charge in [-0.05, 0) is 51.8 Å². The van der Waals surface area contributed by atoms with Crippen molar-refractivity contribution in [3.05, 3.63) is 17.8 Å². The number of carbonyl (C=O) groups is 1. The lowest BCUT2D eigenvalue weighted by molar-refractivity contribution is -0.137. The van der Waals surface area contributed by atoms with Gasteiger partial charge in [0.2, 0.25) is 5.91 Å². The van der Waals surface area contributed by atoms with Crippen molar-refractivity contribution in [1.82, 2.24) is 20.4 Å². The maximum absolute atomic E-state index is 12.8.